The van der Waals surface area contributed by atoms with Crippen LogP contribution in [0.1, 0.15) is 52.9 Å². The lowest BCUT2D eigenvalue weighted by molar-refractivity contribution is 0.325. The van der Waals surface area contributed by atoms with Gasteiger partial charge in [0.15, 0.2) is 0 Å². The highest BCUT2D eigenvalue weighted by Gasteiger charge is 2.15. The van der Waals surface area contributed by atoms with Crippen molar-refractivity contribution in [1.29, 1.82) is 0 Å². The molecular weight excluding hydrogens is 146 g/mol. The van der Waals surface area contributed by atoms with Crippen LogP contribution in [0.4, 0.5) is 0 Å². The number of hydrogen-bond donors (Lipinski definition) is 1. The second-order valence-corrected chi connectivity index (χ2v) is 3.61. The zero-order chi connectivity index (χ0) is 9.40. The van der Waals surface area contributed by atoms with Crippen molar-refractivity contribution in [2.45, 2.75) is 58.9 Å². The Kier molecular flexibility index (Phi) is 7.58. The van der Waals surface area contributed by atoms with E-state index in [1.807, 2.05) is 0 Å². The van der Waals surface area contributed by atoms with E-state index in [-0.39, 0.29) is 0 Å². The molecule has 0 aromatic rings. The molecule has 0 aliphatic rings. The second kappa shape index (κ2) is 7.60. The van der Waals surface area contributed by atoms with Gasteiger partial charge in [0.05, 0.1) is 0 Å². The molecule has 0 saturated carbocycles. The Morgan fingerprint density at radius 1 is 1.08 bits per heavy atom. The van der Waals surface area contributed by atoms with Gasteiger partial charge < -0.3 is 5.32 Å². The molecule has 0 saturated heterocycles. The molecule has 0 radical (unpaired) electrons. The van der Waals surface area contributed by atoms with E-state index in [2.05, 4.69) is 33.1 Å². The lowest BCUT2D eigenvalue weighted by Crippen LogP contribution is -2.32. The molecule has 0 bridgehead atoms. The van der Waals surface area contributed by atoms with Crippen LogP contribution in [0.3, 0.4) is 0 Å². The summed E-state index contributed by atoms with van der Waals surface area (Å²) in [5.74, 6) is 0.889. The van der Waals surface area contributed by atoms with Gasteiger partial charge in [-0.1, -0.05) is 40.0 Å². The van der Waals surface area contributed by atoms with Gasteiger partial charge in [0.2, 0.25) is 0 Å². The summed E-state index contributed by atoms with van der Waals surface area (Å²) in [4.78, 5) is 0. The van der Waals surface area contributed by atoms with Crippen LogP contribution < -0.4 is 5.32 Å². The van der Waals surface area contributed by atoms with E-state index in [4.69, 9.17) is 0 Å². The predicted molar refractivity (Wildman–Crippen MR) is 56.4 cm³/mol. The third kappa shape index (κ3) is 4.10. The first-order valence-corrected chi connectivity index (χ1v) is 5.47. The lowest BCUT2D eigenvalue weighted by Gasteiger charge is -2.24. The standard InChI is InChI=1S/C11H25N/c1-5-8-9-10(6-2)11(7-3)12-4/h10-12H,5-9H2,1-4H3. The molecule has 2 atom stereocenters. The molecule has 0 aromatic heterocycles. The van der Waals surface area contributed by atoms with Crippen LogP contribution in [-0.2, 0) is 0 Å². The summed E-state index contributed by atoms with van der Waals surface area (Å²) in [6.45, 7) is 6.85. The van der Waals surface area contributed by atoms with Gasteiger partial charge in [-0.3, -0.25) is 0 Å². The monoisotopic (exact) mass is 171 g/mol. The van der Waals surface area contributed by atoms with Gasteiger partial charge in [0, 0.05) is 6.04 Å². The maximum Gasteiger partial charge on any atom is 0.00895 e. The van der Waals surface area contributed by atoms with E-state index < -0.39 is 0 Å². The SMILES string of the molecule is CCCCC(CC)C(CC)NC. The average molecular weight is 171 g/mol. The summed E-state index contributed by atoms with van der Waals surface area (Å²) < 4.78 is 0. The lowest BCUT2D eigenvalue weighted by atomic mass is 9.90. The van der Waals surface area contributed by atoms with Crippen molar-refractivity contribution >= 4 is 0 Å². The molecule has 0 aliphatic carbocycles. The normalized spacial score (nSPS) is 16.0. The van der Waals surface area contributed by atoms with Crippen LogP contribution in [0.2, 0.25) is 0 Å². The minimum atomic E-state index is 0.738. The highest BCUT2D eigenvalue weighted by atomic mass is 14.9. The molecular formula is C11H25N. The van der Waals surface area contributed by atoms with E-state index in [0.29, 0.717) is 0 Å². The van der Waals surface area contributed by atoms with Crippen molar-refractivity contribution in [3.63, 3.8) is 0 Å². The molecule has 1 N–H and O–H groups in total. The Morgan fingerprint density at radius 3 is 2.08 bits per heavy atom. The molecule has 0 rings (SSSR count). The summed E-state index contributed by atoms with van der Waals surface area (Å²) in [6, 6.07) is 0.738. The third-order valence-electron chi connectivity index (χ3n) is 2.83. The van der Waals surface area contributed by atoms with Crippen LogP contribution in [-0.4, -0.2) is 13.1 Å². The number of rotatable bonds is 7. The summed E-state index contributed by atoms with van der Waals surface area (Å²) in [5.41, 5.74) is 0. The second-order valence-electron chi connectivity index (χ2n) is 3.61. The van der Waals surface area contributed by atoms with Gasteiger partial charge in [-0.25, -0.2) is 0 Å². The Balaban J connectivity index is 3.75. The Labute approximate surface area is 77.9 Å². The maximum absolute atomic E-state index is 3.41. The van der Waals surface area contributed by atoms with Crippen molar-refractivity contribution in [3.05, 3.63) is 0 Å². The molecule has 0 spiro atoms. The fourth-order valence-corrected chi connectivity index (χ4v) is 1.93. The number of hydrogen-bond acceptors (Lipinski definition) is 1. The third-order valence-corrected chi connectivity index (χ3v) is 2.83. The van der Waals surface area contributed by atoms with Crippen LogP contribution in [0.25, 0.3) is 0 Å². The van der Waals surface area contributed by atoms with Gasteiger partial charge in [-0.05, 0) is 25.8 Å². The Bertz CT molecular complexity index is 87.0. The molecule has 0 heterocycles. The number of unbranched alkanes of at least 4 members (excludes halogenated alkanes) is 1. The maximum atomic E-state index is 3.41. The fourth-order valence-electron chi connectivity index (χ4n) is 1.93. The topological polar surface area (TPSA) is 12.0 Å². The van der Waals surface area contributed by atoms with Crippen LogP contribution in [0, 0.1) is 5.92 Å². The molecule has 2 unspecified atom stereocenters. The molecule has 12 heavy (non-hydrogen) atoms. The van der Waals surface area contributed by atoms with Gasteiger partial charge >= 0.3 is 0 Å². The fraction of sp³-hybridized carbons (Fsp3) is 1.00. The summed E-state index contributed by atoms with van der Waals surface area (Å²) in [6.07, 6.45) is 6.69. The first-order valence-electron chi connectivity index (χ1n) is 5.47. The highest BCUT2D eigenvalue weighted by molar-refractivity contribution is 4.72. The zero-order valence-corrected chi connectivity index (χ0v) is 9.19. The van der Waals surface area contributed by atoms with E-state index in [9.17, 15) is 0 Å². The van der Waals surface area contributed by atoms with Crippen LogP contribution in [0.15, 0.2) is 0 Å². The quantitative estimate of drug-likeness (QED) is 0.620. The zero-order valence-electron chi connectivity index (χ0n) is 9.19. The Morgan fingerprint density at radius 2 is 1.75 bits per heavy atom. The van der Waals surface area contributed by atoms with Crippen LogP contribution >= 0.6 is 0 Å². The van der Waals surface area contributed by atoms with E-state index in [0.717, 1.165) is 12.0 Å². The average Bonchev–Trinajstić information content (AvgIpc) is 2.12. The van der Waals surface area contributed by atoms with Crippen molar-refractivity contribution in [3.8, 4) is 0 Å². The molecule has 0 aliphatic heterocycles. The van der Waals surface area contributed by atoms with Gasteiger partial charge in [0.1, 0.15) is 0 Å². The summed E-state index contributed by atoms with van der Waals surface area (Å²) >= 11 is 0. The molecule has 0 fully saturated rings. The van der Waals surface area contributed by atoms with E-state index in [1.165, 1.54) is 32.1 Å². The Hall–Kier alpha value is -0.0400. The van der Waals surface area contributed by atoms with Crippen molar-refractivity contribution in [2.75, 3.05) is 7.05 Å². The predicted octanol–water partition coefficient (Wildman–Crippen LogP) is 3.20. The van der Waals surface area contributed by atoms with Gasteiger partial charge in [0.25, 0.3) is 0 Å². The minimum Gasteiger partial charge on any atom is -0.317 e. The molecule has 0 amide bonds. The largest absolute Gasteiger partial charge is 0.317 e. The minimum absolute atomic E-state index is 0.738. The highest BCUT2D eigenvalue weighted by Crippen LogP contribution is 2.18. The summed E-state index contributed by atoms with van der Waals surface area (Å²) in [5, 5.41) is 3.41. The van der Waals surface area contributed by atoms with Crippen LogP contribution in [0.5, 0.6) is 0 Å². The molecule has 0 aromatic carbocycles. The van der Waals surface area contributed by atoms with Gasteiger partial charge in [-0.15, -0.1) is 0 Å². The molecule has 74 valence electrons. The first-order chi connectivity index (χ1) is 5.79. The summed E-state index contributed by atoms with van der Waals surface area (Å²) in [7, 11) is 2.09. The number of nitrogens with one attached hydrogen (secondary N) is 1. The smallest absolute Gasteiger partial charge is 0.00895 e. The van der Waals surface area contributed by atoms with E-state index in [1.54, 1.807) is 0 Å². The van der Waals surface area contributed by atoms with Crippen molar-refractivity contribution < 1.29 is 0 Å². The van der Waals surface area contributed by atoms with E-state index >= 15 is 0 Å². The first kappa shape index (κ1) is 12.0. The molecule has 1 nitrogen and oxygen atoms in total. The molecule has 1 heteroatoms. The van der Waals surface area contributed by atoms with Gasteiger partial charge in [-0.2, -0.15) is 0 Å². The van der Waals surface area contributed by atoms with Crippen molar-refractivity contribution in [1.82, 2.24) is 5.32 Å². The van der Waals surface area contributed by atoms with Crippen molar-refractivity contribution in [2.24, 2.45) is 5.92 Å².